The van der Waals surface area contributed by atoms with Crippen LogP contribution in [0.4, 0.5) is 0 Å². The van der Waals surface area contributed by atoms with Crippen molar-refractivity contribution in [3.8, 4) is 16.9 Å². The summed E-state index contributed by atoms with van der Waals surface area (Å²) in [5.41, 5.74) is 10.4. The van der Waals surface area contributed by atoms with Gasteiger partial charge in [0, 0.05) is 30.2 Å². The molecule has 0 aliphatic rings. The molecule has 4 rings (SSSR count). The number of aromatic nitrogens is 3. The highest BCUT2D eigenvalue weighted by Gasteiger charge is 2.30. The number of fused-ring (bicyclic) bond motifs is 1. The van der Waals surface area contributed by atoms with Crippen molar-refractivity contribution >= 4 is 10.9 Å². The monoisotopic (exact) mass is 385 g/mol. The molecule has 3 nitrogen and oxygen atoms in total. The Labute approximate surface area is 173 Å². The van der Waals surface area contributed by atoms with Gasteiger partial charge in [0.15, 0.2) is 18.9 Å². The molecule has 3 heteroatoms. The van der Waals surface area contributed by atoms with E-state index in [0.29, 0.717) is 6.04 Å². The van der Waals surface area contributed by atoms with E-state index in [0.717, 1.165) is 0 Å². The first-order chi connectivity index (χ1) is 13.8. The van der Waals surface area contributed by atoms with Crippen LogP contribution in [0, 0.1) is 27.7 Å². The molecule has 2 aromatic carbocycles. The van der Waals surface area contributed by atoms with Crippen LogP contribution in [0.2, 0.25) is 0 Å². The molecule has 0 saturated carbocycles. The van der Waals surface area contributed by atoms with E-state index in [-0.39, 0.29) is 0 Å². The Morgan fingerprint density at radius 1 is 0.862 bits per heavy atom. The lowest BCUT2D eigenvalue weighted by Crippen LogP contribution is -2.42. The fourth-order valence-corrected chi connectivity index (χ4v) is 4.93. The Morgan fingerprint density at radius 2 is 1.55 bits per heavy atom. The summed E-state index contributed by atoms with van der Waals surface area (Å²) in [5.74, 6) is 0. The number of hydrogen-bond acceptors (Lipinski definition) is 0. The zero-order valence-electron chi connectivity index (χ0n) is 18.6. The lowest BCUT2D eigenvalue weighted by Gasteiger charge is -2.13. The number of pyridine rings is 1. The normalized spacial score (nSPS) is 11.6. The molecule has 0 amide bonds. The Morgan fingerprint density at radius 3 is 2.24 bits per heavy atom. The van der Waals surface area contributed by atoms with E-state index in [4.69, 9.17) is 0 Å². The third-order valence-corrected chi connectivity index (χ3v) is 6.01. The van der Waals surface area contributed by atoms with Crippen LogP contribution in [0.1, 0.15) is 42.3 Å². The molecule has 29 heavy (non-hydrogen) atoms. The molecule has 0 bridgehead atoms. The van der Waals surface area contributed by atoms with Gasteiger partial charge in [-0.3, -0.25) is 0 Å². The molecular formula is C26H31N3+2. The quantitative estimate of drug-likeness (QED) is 0.429. The average Bonchev–Trinajstić information content (AvgIpc) is 2.95. The van der Waals surface area contributed by atoms with E-state index in [2.05, 4.69) is 117 Å². The molecule has 0 aliphatic carbocycles. The van der Waals surface area contributed by atoms with Gasteiger partial charge in [-0.15, -0.1) is 4.68 Å². The van der Waals surface area contributed by atoms with Crippen LogP contribution in [-0.4, -0.2) is 4.68 Å². The predicted molar refractivity (Wildman–Crippen MR) is 119 cm³/mol. The molecule has 0 N–H and O–H groups in total. The topological polar surface area (TPSA) is 12.7 Å². The first-order valence-corrected chi connectivity index (χ1v) is 10.4. The highest BCUT2D eigenvalue weighted by molar-refractivity contribution is 5.93. The zero-order valence-corrected chi connectivity index (χ0v) is 18.6. The zero-order chi connectivity index (χ0) is 20.9. The van der Waals surface area contributed by atoms with E-state index in [1.54, 1.807) is 0 Å². The Hall–Kier alpha value is -2.94. The van der Waals surface area contributed by atoms with Gasteiger partial charge in [-0.25, -0.2) is 0 Å². The summed E-state index contributed by atoms with van der Waals surface area (Å²) in [6.45, 7) is 13.4. The van der Waals surface area contributed by atoms with Crippen LogP contribution in [0.3, 0.4) is 0 Å². The first kappa shape index (κ1) is 19.4. The van der Waals surface area contributed by atoms with Gasteiger partial charge in [0.05, 0.1) is 17.0 Å². The van der Waals surface area contributed by atoms with Crippen molar-refractivity contribution in [2.24, 2.45) is 7.05 Å². The van der Waals surface area contributed by atoms with Crippen LogP contribution in [0.5, 0.6) is 0 Å². The van der Waals surface area contributed by atoms with Crippen LogP contribution in [0.25, 0.3) is 27.8 Å². The highest BCUT2D eigenvalue weighted by atomic mass is 15.4. The molecule has 0 atom stereocenters. The maximum Gasteiger partial charge on any atom is 0.246 e. The molecule has 0 unspecified atom stereocenters. The van der Waals surface area contributed by atoms with E-state index in [1.807, 2.05) is 0 Å². The molecule has 0 fully saturated rings. The summed E-state index contributed by atoms with van der Waals surface area (Å²) in [7, 11) is 2.19. The lowest BCUT2D eigenvalue weighted by molar-refractivity contribution is -0.743. The number of nitrogens with zero attached hydrogens (tertiary/aromatic N) is 3. The van der Waals surface area contributed by atoms with Crippen molar-refractivity contribution in [3.05, 3.63) is 77.1 Å². The average molecular weight is 386 g/mol. The van der Waals surface area contributed by atoms with Crippen molar-refractivity contribution in [1.29, 1.82) is 0 Å². The van der Waals surface area contributed by atoms with Gasteiger partial charge in [0.1, 0.15) is 5.52 Å². The molecule has 2 aromatic heterocycles. The van der Waals surface area contributed by atoms with E-state index < -0.39 is 0 Å². The van der Waals surface area contributed by atoms with Crippen molar-refractivity contribution in [2.45, 2.75) is 47.6 Å². The van der Waals surface area contributed by atoms with Crippen molar-refractivity contribution in [1.82, 2.24) is 4.68 Å². The third-order valence-electron chi connectivity index (χ3n) is 6.01. The molecule has 0 saturated heterocycles. The van der Waals surface area contributed by atoms with Gasteiger partial charge in [-0.05, 0) is 58.4 Å². The largest absolute Gasteiger partial charge is 0.246 e. The molecule has 0 spiro atoms. The summed E-state index contributed by atoms with van der Waals surface area (Å²) >= 11 is 0. The Kier molecular flexibility index (Phi) is 4.77. The van der Waals surface area contributed by atoms with E-state index >= 15 is 0 Å². The van der Waals surface area contributed by atoms with Gasteiger partial charge >= 0.3 is 0 Å². The SMILES string of the molecule is Cc1cc(C)c(-[n+]2ccccc2C)c(C)c1-c1c2ccccc2n(C(C)C)[n+]1C. The molecule has 0 radical (unpaired) electrons. The van der Waals surface area contributed by atoms with Gasteiger partial charge in [-0.2, -0.15) is 9.25 Å². The van der Waals surface area contributed by atoms with Gasteiger partial charge in [-0.1, -0.05) is 18.2 Å². The number of hydrogen-bond donors (Lipinski definition) is 0. The van der Waals surface area contributed by atoms with Gasteiger partial charge in [0.25, 0.3) is 0 Å². The first-order valence-electron chi connectivity index (χ1n) is 10.4. The van der Waals surface area contributed by atoms with Crippen LogP contribution >= 0.6 is 0 Å². The molecule has 4 aromatic rings. The van der Waals surface area contributed by atoms with Crippen molar-refractivity contribution in [2.75, 3.05) is 0 Å². The van der Waals surface area contributed by atoms with Crippen molar-refractivity contribution < 1.29 is 9.25 Å². The number of rotatable bonds is 3. The standard InChI is InChI=1S/C26H31N3/c1-17(2)29-23-14-9-8-13-22(23)26(27(29)7)24-18(3)16-19(4)25(21(24)6)28-15-11-10-12-20(28)5/h8-17H,1-7H3/q+2. The second-order valence-corrected chi connectivity index (χ2v) is 8.40. The summed E-state index contributed by atoms with van der Waals surface area (Å²) in [6, 6.07) is 17.9. The minimum Gasteiger partial charge on any atom is -0.164 e. The number of para-hydroxylation sites is 1. The second kappa shape index (κ2) is 7.14. The maximum absolute atomic E-state index is 2.39. The van der Waals surface area contributed by atoms with Gasteiger partial charge in [0.2, 0.25) is 11.4 Å². The summed E-state index contributed by atoms with van der Waals surface area (Å²) in [6.07, 6.45) is 2.17. The smallest absolute Gasteiger partial charge is 0.164 e. The minimum atomic E-state index is 0.384. The summed E-state index contributed by atoms with van der Waals surface area (Å²) in [5, 5.41) is 1.31. The number of benzene rings is 2. The molecule has 2 heterocycles. The van der Waals surface area contributed by atoms with Crippen LogP contribution in [0.15, 0.2) is 54.7 Å². The molecule has 0 aliphatic heterocycles. The fraction of sp³-hybridized carbons (Fsp3) is 0.308. The Balaban J connectivity index is 2.12. The minimum absolute atomic E-state index is 0.384. The van der Waals surface area contributed by atoms with E-state index in [1.165, 1.54) is 50.2 Å². The highest BCUT2D eigenvalue weighted by Crippen LogP contribution is 2.35. The van der Waals surface area contributed by atoms with E-state index in [9.17, 15) is 0 Å². The second-order valence-electron chi connectivity index (χ2n) is 8.40. The maximum atomic E-state index is 2.39. The van der Waals surface area contributed by atoms with Gasteiger partial charge < -0.3 is 0 Å². The lowest BCUT2D eigenvalue weighted by atomic mass is 9.93. The van der Waals surface area contributed by atoms with Crippen molar-refractivity contribution in [3.63, 3.8) is 0 Å². The predicted octanol–water partition coefficient (Wildman–Crippen LogP) is 5.22. The molecule has 148 valence electrons. The van der Waals surface area contributed by atoms with Crippen LogP contribution in [-0.2, 0) is 7.05 Å². The third kappa shape index (κ3) is 2.96. The fourth-order valence-electron chi connectivity index (χ4n) is 4.93. The Bertz CT molecular complexity index is 1230. The summed E-state index contributed by atoms with van der Waals surface area (Å²) in [4.78, 5) is 0. The summed E-state index contributed by atoms with van der Waals surface area (Å²) < 4.78 is 7.05. The molecular weight excluding hydrogens is 354 g/mol. The number of aryl methyl sites for hydroxylation is 3. The van der Waals surface area contributed by atoms with Crippen LogP contribution < -0.4 is 9.25 Å².